The minimum absolute atomic E-state index is 0.0409. The van der Waals surface area contributed by atoms with Crippen molar-refractivity contribution in [2.45, 2.75) is 18.8 Å². The van der Waals surface area contributed by atoms with Gasteiger partial charge >= 0.3 is 6.18 Å². The number of hydrogen-bond donors (Lipinski definition) is 0. The van der Waals surface area contributed by atoms with E-state index in [-0.39, 0.29) is 42.9 Å². The minimum Gasteiger partial charge on any atom is -0.380 e. The van der Waals surface area contributed by atoms with Crippen molar-refractivity contribution in [2.24, 2.45) is 5.92 Å². The van der Waals surface area contributed by atoms with Crippen LogP contribution in [0.5, 0.6) is 0 Å². The summed E-state index contributed by atoms with van der Waals surface area (Å²) in [4.78, 5) is 28.6. The number of anilines is 1. The van der Waals surface area contributed by atoms with Crippen molar-refractivity contribution in [2.75, 3.05) is 24.7 Å². The van der Waals surface area contributed by atoms with Crippen molar-refractivity contribution in [3.63, 3.8) is 0 Å². The maximum Gasteiger partial charge on any atom is 0.416 e. The van der Waals surface area contributed by atoms with Crippen LogP contribution in [0.3, 0.4) is 0 Å². The standard InChI is InChI=1S/C21H17ClF4N2O3/c22-15-5-6-17(16(23)7-15)27-9-18(29)28(19(20(27)30)13-10-31-11-13)8-12-1-3-14(4-2-12)21(24,25)26/h1-7,13,19H,8-11H2. The normalized spacial score (nSPS) is 20.2. The fraction of sp³-hybridized carbons (Fsp3) is 0.333. The molecular formula is C21H17ClF4N2O3. The Labute approximate surface area is 180 Å². The van der Waals surface area contributed by atoms with Crippen LogP contribution in [0, 0.1) is 11.7 Å². The maximum absolute atomic E-state index is 14.4. The van der Waals surface area contributed by atoms with Gasteiger partial charge in [-0.25, -0.2) is 4.39 Å². The van der Waals surface area contributed by atoms with Crippen molar-refractivity contribution in [1.29, 1.82) is 0 Å². The van der Waals surface area contributed by atoms with E-state index in [1.807, 2.05) is 0 Å². The molecule has 0 aliphatic carbocycles. The zero-order chi connectivity index (χ0) is 22.3. The molecule has 2 fully saturated rings. The van der Waals surface area contributed by atoms with Gasteiger partial charge in [-0.3, -0.25) is 14.5 Å². The summed E-state index contributed by atoms with van der Waals surface area (Å²) in [6, 6.07) is 7.33. The van der Waals surface area contributed by atoms with Crippen molar-refractivity contribution in [3.05, 3.63) is 64.4 Å². The SMILES string of the molecule is O=C1C(C2COC2)N(Cc2ccc(C(F)(F)F)cc2)C(=O)CN1c1ccc(Cl)cc1F. The van der Waals surface area contributed by atoms with Gasteiger partial charge in [-0.05, 0) is 35.9 Å². The number of alkyl halides is 3. The monoisotopic (exact) mass is 456 g/mol. The summed E-state index contributed by atoms with van der Waals surface area (Å²) in [5, 5.41) is 0.157. The summed E-state index contributed by atoms with van der Waals surface area (Å²) in [6.45, 7) is 0.0805. The smallest absolute Gasteiger partial charge is 0.380 e. The van der Waals surface area contributed by atoms with E-state index in [0.717, 1.165) is 23.1 Å². The highest BCUT2D eigenvalue weighted by molar-refractivity contribution is 6.30. The second kappa shape index (κ2) is 8.12. The van der Waals surface area contributed by atoms with Crippen molar-refractivity contribution < 1.29 is 31.9 Å². The van der Waals surface area contributed by atoms with E-state index in [1.165, 1.54) is 29.2 Å². The lowest BCUT2D eigenvalue weighted by Crippen LogP contribution is -2.65. The lowest BCUT2D eigenvalue weighted by Gasteiger charge is -2.45. The number of rotatable bonds is 4. The summed E-state index contributed by atoms with van der Waals surface area (Å²) < 4.78 is 58.0. The molecule has 2 aliphatic heterocycles. The Hall–Kier alpha value is -2.65. The van der Waals surface area contributed by atoms with E-state index in [9.17, 15) is 27.2 Å². The van der Waals surface area contributed by atoms with E-state index in [0.29, 0.717) is 5.56 Å². The molecule has 2 amide bonds. The summed E-state index contributed by atoms with van der Waals surface area (Å²) in [5.41, 5.74) is -0.404. The molecular weight excluding hydrogens is 440 g/mol. The molecule has 0 spiro atoms. The zero-order valence-corrected chi connectivity index (χ0v) is 16.8. The Morgan fingerprint density at radius 1 is 1.06 bits per heavy atom. The van der Waals surface area contributed by atoms with Crippen LogP contribution >= 0.6 is 11.6 Å². The Morgan fingerprint density at radius 3 is 2.29 bits per heavy atom. The highest BCUT2D eigenvalue weighted by atomic mass is 35.5. The predicted molar refractivity (Wildman–Crippen MR) is 104 cm³/mol. The van der Waals surface area contributed by atoms with Gasteiger partial charge in [0.2, 0.25) is 5.91 Å². The fourth-order valence-electron chi connectivity index (χ4n) is 3.73. The number of carbonyl (C=O) groups is 2. The van der Waals surface area contributed by atoms with Crippen LogP contribution in [0.2, 0.25) is 5.02 Å². The number of nitrogens with zero attached hydrogens (tertiary/aromatic N) is 2. The van der Waals surface area contributed by atoms with E-state index in [2.05, 4.69) is 0 Å². The number of piperazine rings is 1. The molecule has 2 saturated heterocycles. The summed E-state index contributed by atoms with van der Waals surface area (Å²) >= 11 is 5.78. The molecule has 0 bridgehead atoms. The largest absolute Gasteiger partial charge is 0.416 e. The Morgan fingerprint density at radius 2 is 1.74 bits per heavy atom. The lowest BCUT2D eigenvalue weighted by atomic mass is 9.92. The molecule has 10 heteroatoms. The Balaban J connectivity index is 1.61. The quantitative estimate of drug-likeness (QED) is 0.656. The second-order valence-electron chi connectivity index (χ2n) is 7.48. The van der Waals surface area contributed by atoms with Gasteiger partial charge in [0.05, 0.1) is 24.5 Å². The van der Waals surface area contributed by atoms with Crippen LogP contribution in [0.15, 0.2) is 42.5 Å². The molecule has 2 aliphatic rings. The molecule has 164 valence electrons. The first kappa shape index (κ1) is 21.6. The lowest BCUT2D eigenvalue weighted by molar-refractivity contribution is -0.155. The van der Waals surface area contributed by atoms with Crippen molar-refractivity contribution in [1.82, 2.24) is 4.90 Å². The number of hydrogen-bond acceptors (Lipinski definition) is 3. The number of amides is 2. The average molecular weight is 457 g/mol. The van der Waals surface area contributed by atoms with E-state index in [4.69, 9.17) is 16.3 Å². The molecule has 0 radical (unpaired) electrons. The van der Waals surface area contributed by atoms with Gasteiger partial charge in [-0.2, -0.15) is 13.2 Å². The maximum atomic E-state index is 14.4. The summed E-state index contributed by atoms with van der Waals surface area (Å²) in [7, 11) is 0. The number of benzene rings is 2. The molecule has 1 atom stereocenters. The molecule has 1 unspecified atom stereocenters. The Bertz CT molecular complexity index is 1010. The number of carbonyl (C=O) groups excluding carboxylic acids is 2. The molecule has 2 heterocycles. The summed E-state index contributed by atoms with van der Waals surface area (Å²) in [6.07, 6.45) is -4.47. The van der Waals surface area contributed by atoms with Gasteiger partial charge in [-0.1, -0.05) is 23.7 Å². The van der Waals surface area contributed by atoms with E-state index in [1.54, 1.807) is 0 Å². The van der Waals surface area contributed by atoms with Crippen LogP contribution in [-0.2, 0) is 27.0 Å². The first-order valence-corrected chi connectivity index (χ1v) is 9.82. The molecule has 0 N–H and O–H groups in total. The van der Waals surface area contributed by atoms with Gasteiger partial charge in [0.25, 0.3) is 5.91 Å². The van der Waals surface area contributed by atoms with E-state index >= 15 is 0 Å². The van der Waals surface area contributed by atoms with Crippen LogP contribution in [0.25, 0.3) is 0 Å². The van der Waals surface area contributed by atoms with Crippen LogP contribution in [0.1, 0.15) is 11.1 Å². The highest BCUT2D eigenvalue weighted by Gasteiger charge is 2.47. The van der Waals surface area contributed by atoms with Gasteiger partial charge in [0.15, 0.2) is 0 Å². The number of ether oxygens (including phenoxy) is 1. The molecule has 2 aromatic carbocycles. The van der Waals surface area contributed by atoms with Gasteiger partial charge < -0.3 is 9.64 Å². The zero-order valence-electron chi connectivity index (χ0n) is 16.0. The molecule has 5 nitrogen and oxygen atoms in total. The summed E-state index contributed by atoms with van der Waals surface area (Å²) in [5.74, 6) is -1.93. The first-order valence-electron chi connectivity index (χ1n) is 9.45. The second-order valence-corrected chi connectivity index (χ2v) is 7.92. The van der Waals surface area contributed by atoms with Crippen LogP contribution in [-0.4, -0.2) is 42.5 Å². The third-order valence-corrected chi connectivity index (χ3v) is 5.65. The van der Waals surface area contributed by atoms with Crippen LogP contribution in [0.4, 0.5) is 23.2 Å². The van der Waals surface area contributed by atoms with Crippen molar-refractivity contribution >= 4 is 29.1 Å². The minimum atomic E-state index is -4.47. The molecule has 4 rings (SSSR count). The Kier molecular flexibility index (Phi) is 5.65. The first-order chi connectivity index (χ1) is 14.6. The average Bonchev–Trinajstić information content (AvgIpc) is 2.66. The van der Waals surface area contributed by atoms with Crippen molar-refractivity contribution in [3.8, 4) is 0 Å². The predicted octanol–water partition coefficient (Wildman–Crippen LogP) is 3.89. The third kappa shape index (κ3) is 4.24. The molecule has 0 aromatic heterocycles. The van der Waals surface area contributed by atoms with Gasteiger partial charge in [0.1, 0.15) is 18.4 Å². The fourth-order valence-corrected chi connectivity index (χ4v) is 3.89. The van der Waals surface area contributed by atoms with Gasteiger partial charge in [0, 0.05) is 17.5 Å². The third-order valence-electron chi connectivity index (χ3n) is 5.41. The van der Waals surface area contributed by atoms with E-state index < -0.39 is 35.4 Å². The van der Waals surface area contributed by atoms with Crippen LogP contribution < -0.4 is 4.90 Å². The molecule has 0 saturated carbocycles. The topological polar surface area (TPSA) is 49.9 Å². The molecule has 31 heavy (non-hydrogen) atoms. The molecule has 2 aromatic rings. The number of halogens is 5. The van der Waals surface area contributed by atoms with Gasteiger partial charge in [-0.15, -0.1) is 0 Å². The highest BCUT2D eigenvalue weighted by Crippen LogP contribution is 2.33.